The molecule has 14 atom stereocenters. The molecule has 15 bridgehead atoms. The van der Waals surface area contributed by atoms with E-state index in [0.29, 0.717) is 30.4 Å². The lowest BCUT2D eigenvalue weighted by molar-refractivity contribution is -0.270. The molecule has 6 heterocycles. The Morgan fingerprint density at radius 3 is 1.97 bits per heavy atom. The summed E-state index contributed by atoms with van der Waals surface area (Å²) in [4.78, 5) is 138. The molecule has 648 valence electrons. The van der Waals surface area contributed by atoms with Crippen LogP contribution in [0.2, 0.25) is 5.02 Å². The van der Waals surface area contributed by atoms with Crippen molar-refractivity contribution in [2.45, 2.75) is 177 Å². The van der Waals surface area contributed by atoms with Crippen LogP contribution < -0.4 is 82.6 Å². The van der Waals surface area contributed by atoms with Crippen molar-refractivity contribution < 1.29 is 116 Å². The highest BCUT2D eigenvalue weighted by Crippen LogP contribution is 2.55. The molecular weight excluding hydrogens is 1620 g/mol. The van der Waals surface area contributed by atoms with E-state index in [0.717, 1.165) is 80.6 Å². The first-order valence-corrected chi connectivity index (χ1v) is 42.0. The number of urea groups is 1. The molecule has 4 aliphatic carbocycles. The molecule has 36 nitrogen and oxygen atoms in total. The number of nitrogens with one attached hydrogen (secondary N) is 11. The fourth-order valence-corrected chi connectivity index (χ4v) is 18.5. The number of nitrogens with two attached hydrogens (primary N) is 1. The zero-order valence-corrected chi connectivity index (χ0v) is 68.1. The Labute approximate surface area is 700 Å². The summed E-state index contributed by atoms with van der Waals surface area (Å²) >= 11 is 7.19. The van der Waals surface area contributed by atoms with E-state index >= 15 is 28.8 Å². The summed E-state index contributed by atoms with van der Waals surface area (Å²) in [5.41, 5.74) is 4.23. The molecule has 10 amide bonds. The van der Waals surface area contributed by atoms with E-state index in [9.17, 15) is 63.7 Å². The maximum atomic E-state index is 16.5. The number of carbonyl (C=O) groups excluding carboxylic acids is 9. The minimum atomic E-state index is -3.46. The first-order chi connectivity index (χ1) is 57.6. The SMILES string of the molecule is CCCS(=O)(=O)NCCCOc1ccc(NC(=O)NC(=O)C[C@@H]2NC(=O)[C@H](NC(=O)[C@@H](CC(C)C)NC)[C@H](O)c3ccc(c(C)c3)Oc3cc4cc(c3O[C@@H]3O[C@H](CN)[C@@H](O)[C@H](O)[C@H]3O)Oc3ccc(cc3Cl)[C@@H](O)[C@@H]3NC(=O)[C@H](NC(=O)[C@@H]4NC2=O)c2ccc(O)c(c2)-c2c(O)cc(O)cc2[C@@H](C(=O)NC2C4CC5CC(C4)CC2C5)NC3=O)cc1. The molecule has 38 heteroatoms. The van der Waals surface area contributed by atoms with Crippen molar-refractivity contribution in [1.82, 2.24) is 52.6 Å². The van der Waals surface area contributed by atoms with E-state index in [1.807, 2.05) is 13.8 Å². The van der Waals surface area contributed by atoms with Gasteiger partial charge in [0, 0.05) is 42.0 Å². The van der Waals surface area contributed by atoms with Gasteiger partial charge in [-0.1, -0.05) is 50.6 Å². The van der Waals surface area contributed by atoms with Crippen LogP contribution in [-0.2, 0) is 53.1 Å². The second kappa shape index (κ2) is 37.2. The molecule has 0 radical (unpaired) electrons. The van der Waals surface area contributed by atoms with E-state index in [4.69, 9.17) is 41.0 Å². The van der Waals surface area contributed by atoms with Crippen LogP contribution in [-0.4, -0.2) is 196 Å². The van der Waals surface area contributed by atoms with Crippen LogP contribution in [0.1, 0.15) is 142 Å². The first-order valence-electron chi connectivity index (χ1n) is 40.0. The number of hydrogen-bond acceptors (Lipinski definition) is 26. The highest BCUT2D eigenvalue weighted by molar-refractivity contribution is 7.89. The van der Waals surface area contributed by atoms with Gasteiger partial charge in [-0.3, -0.25) is 43.7 Å². The quantitative estimate of drug-likeness (QED) is 0.0460. The molecule has 1 saturated heterocycles. The molecule has 4 saturated carbocycles. The zero-order chi connectivity index (χ0) is 86.7. The lowest BCUT2D eigenvalue weighted by Crippen LogP contribution is -2.60. The molecule has 121 heavy (non-hydrogen) atoms. The number of halogens is 1. The van der Waals surface area contributed by atoms with Gasteiger partial charge in [-0.2, -0.15) is 0 Å². The van der Waals surface area contributed by atoms with Gasteiger partial charge in [0.1, 0.15) is 107 Å². The minimum Gasteiger partial charge on any atom is -0.508 e. The summed E-state index contributed by atoms with van der Waals surface area (Å²) in [6.45, 7) is 6.64. The average molecular weight is 1720 g/mol. The van der Waals surface area contributed by atoms with E-state index in [2.05, 4.69) is 57.9 Å². The van der Waals surface area contributed by atoms with Crippen LogP contribution in [0.4, 0.5) is 10.5 Å². The van der Waals surface area contributed by atoms with E-state index in [1.54, 1.807) is 6.92 Å². The Bertz CT molecular complexity index is 5050. The standard InChI is InChI=1S/C83H99ClN12O24S/c1-6-20-121(114,115)87-18-7-19-116-48-13-11-46(12-14-48)88-83(113)90-61(100)34-53-76(107)92-65-45-30-58(117-56-16-9-41(22-37(56)4)69(101)67(80(111)89-53)95-75(106)52(86-5)21-36(2)3)74(120-82-73(105)72(104)71(103)60(35-85)119-82)59(31-45)118-57-17-10-42(29-51(57)84)70(102)68-81(112)94-66(79(110)91-63-43-24-38-23-39(26-43)27-44(63)25-38)50-32-47(97)33-55(99)62(50)49-28-40(8-15-54(49)98)64(77(108)96-68)93-78(65)109/h8-17,22,28-33,36,38-39,43-44,52-53,60,63-73,82,86-87,97-99,101-105H,6-7,18-21,23-27,34-35,85H2,1-5H3,(H,89,111)(H,91,110)(H,92,107)(H,93,109)(H,94,112)(H,95,106)(H,96,108)(H2,88,90,100,113)/t38?,39?,43?,44?,52-,53+,60-,63?,64-,65-,66+,67-,68+,69-,70-,71-,72+,73-,82+/m1/s1. The Morgan fingerprint density at radius 2 is 1.31 bits per heavy atom. The smallest absolute Gasteiger partial charge is 0.325 e. The first kappa shape index (κ1) is 87.8. The highest BCUT2D eigenvalue weighted by atomic mass is 35.5. The van der Waals surface area contributed by atoms with Gasteiger partial charge in [-0.25, -0.2) is 17.9 Å². The summed E-state index contributed by atoms with van der Waals surface area (Å²) in [6, 6.07) is 5.13. The van der Waals surface area contributed by atoms with Crippen molar-refractivity contribution >= 4 is 80.6 Å². The van der Waals surface area contributed by atoms with Crippen LogP contribution in [0.15, 0.2) is 103 Å². The predicted molar refractivity (Wildman–Crippen MR) is 433 cm³/mol. The number of aliphatic hydroxyl groups excluding tert-OH is 5. The van der Waals surface area contributed by atoms with Crippen LogP contribution in [0.25, 0.3) is 11.1 Å². The summed E-state index contributed by atoms with van der Waals surface area (Å²) in [7, 11) is -1.98. The fourth-order valence-electron chi connectivity index (χ4n) is 17.2. The van der Waals surface area contributed by atoms with Gasteiger partial charge in [0.05, 0.1) is 29.8 Å². The number of aliphatic hydroxyl groups is 5. The summed E-state index contributed by atoms with van der Waals surface area (Å²) in [5, 5.41) is 121. The normalized spacial score (nSPS) is 27.2. The molecular formula is C83H99ClN12O24S. The number of fused-ring (bicyclic) bond motifs is 15. The second-order valence-corrected chi connectivity index (χ2v) is 34.5. The molecule has 6 aliphatic heterocycles. The second-order valence-electron chi connectivity index (χ2n) is 32.2. The summed E-state index contributed by atoms with van der Waals surface area (Å²) in [6.07, 6.45) is -9.43. The Kier molecular flexibility index (Phi) is 27.0. The number of sulfonamides is 1. The van der Waals surface area contributed by atoms with Gasteiger partial charge in [0.25, 0.3) is 0 Å². The van der Waals surface area contributed by atoms with Crippen molar-refractivity contribution in [2.75, 3.05) is 37.8 Å². The minimum absolute atomic E-state index is 0.0431. The fraction of sp³-hybridized carbons (Fsp3) is 0.458. The van der Waals surface area contributed by atoms with Crippen molar-refractivity contribution in [3.63, 3.8) is 0 Å². The molecule has 10 aliphatic rings. The maximum absolute atomic E-state index is 16.5. The van der Waals surface area contributed by atoms with Gasteiger partial charge < -0.3 is 118 Å². The monoisotopic (exact) mass is 1710 g/mol. The summed E-state index contributed by atoms with van der Waals surface area (Å²) in [5.74, 6) is -12.8. The van der Waals surface area contributed by atoms with E-state index in [-0.39, 0.29) is 110 Å². The highest BCUT2D eigenvalue weighted by Gasteiger charge is 2.51. The third-order valence-electron chi connectivity index (χ3n) is 23.0. The van der Waals surface area contributed by atoms with Gasteiger partial charge in [0.15, 0.2) is 11.5 Å². The van der Waals surface area contributed by atoms with Crippen molar-refractivity contribution in [3.8, 4) is 62.9 Å². The third-order valence-corrected chi connectivity index (χ3v) is 24.9. The molecule has 6 aromatic carbocycles. The molecule has 0 spiro atoms. The van der Waals surface area contributed by atoms with E-state index < -0.39 is 202 Å². The number of aryl methyl sites for hydroxylation is 1. The number of rotatable bonds is 21. The average Bonchev–Trinajstić information content (AvgIpc) is 0.753. The number of imide groups is 1. The molecule has 0 aromatic heterocycles. The molecule has 5 fully saturated rings. The van der Waals surface area contributed by atoms with Crippen LogP contribution in [0, 0.1) is 36.5 Å². The Hall–Kier alpha value is -11.0. The van der Waals surface area contributed by atoms with Crippen LogP contribution >= 0.6 is 11.6 Å². The third kappa shape index (κ3) is 19.8. The Morgan fingerprint density at radius 1 is 0.669 bits per heavy atom. The van der Waals surface area contributed by atoms with E-state index in [1.165, 1.54) is 68.6 Å². The predicted octanol–water partition coefficient (Wildman–Crippen LogP) is 3.31. The number of carbonyl (C=O) groups is 9. The molecule has 0 unspecified atom stereocenters. The van der Waals surface area contributed by atoms with Crippen molar-refractivity contribution in [1.29, 1.82) is 0 Å². The van der Waals surface area contributed by atoms with Crippen LogP contribution in [0.3, 0.4) is 0 Å². The number of amides is 10. The number of phenolic OH excluding ortho intramolecular Hbond substituents is 3. The topological polar surface area (TPSA) is 554 Å². The molecule has 16 rings (SSSR count). The lowest BCUT2D eigenvalue weighted by atomic mass is 9.54. The largest absolute Gasteiger partial charge is 0.508 e. The zero-order valence-electron chi connectivity index (χ0n) is 66.5. The number of benzene rings is 6. The maximum Gasteiger partial charge on any atom is 0.325 e. The lowest BCUT2D eigenvalue weighted by Gasteiger charge is -2.54. The number of aromatic hydroxyl groups is 3. The van der Waals surface area contributed by atoms with Crippen molar-refractivity contribution in [2.24, 2.45) is 35.3 Å². The van der Waals surface area contributed by atoms with Gasteiger partial charge in [0.2, 0.25) is 69.3 Å². The Balaban J connectivity index is 0.951. The molecule has 21 N–H and O–H groups in total. The van der Waals surface area contributed by atoms with Gasteiger partial charge in [-0.15, -0.1) is 0 Å². The van der Waals surface area contributed by atoms with Gasteiger partial charge in [-0.05, 0) is 207 Å². The number of likely N-dealkylation sites (N-methyl/N-ethyl adjacent to an activating group) is 1. The number of phenols is 3. The number of anilines is 1. The molecule has 6 aromatic rings. The van der Waals surface area contributed by atoms with Gasteiger partial charge >= 0.3 is 6.03 Å². The summed E-state index contributed by atoms with van der Waals surface area (Å²) < 4.78 is 58.4. The van der Waals surface area contributed by atoms with Crippen molar-refractivity contribution in [3.05, 3.63) is 142 Å². The number of hydrogen-bond donors (Lipinski definition) is 20. The number of ether oxygens (including phenoxy) is 5. The van der Waals surface area contributed by atoms with Crippen LogP contribution in [0.5, 0.6) is 51.7 Å².